The maximum Gasteiger partial charge on any atom is 0.223 e. The predicted molar refractivity (Wildman–Crippen MR) is 73.4 cm³/mol. The monoisotopic (exact) mass is 256 g/mol. The summed E-state index contributed by atoms with van der Waals surface area (Å²) in [6.07, 6.45) is 5.74. The molecule has 0 saturated heterocycles. The average Bonchev–Trinajstić information content (AvgIpc) is 2.38. The summed E-state index contributed by atoms with van der Waals surface area (Å²) in [5, 5.41) is 12.6. The molecule has 0 aromatic heterocycles. The van der Waals surface area contributed by atoms with Gasteiger partial charge in [-0.3, -0.25) is 4.79 Å². The van der Waals surface area contributed by atoms with E-state index in [1.165, 1.54) is 0 Å². The third-order valence-corrected chi connectivity index (χ3v) is 4.36. The molecule has 2 N–H and O–H groups in total. The van der Waals surface area contributed by atoms with Crippen molar-refractivity contribution in [2.75, 3.05) is 27.2 Å². The molecule has 1 rings (SSSR count). The zero-order chi connectivity index (χ0) is 13.6. The second-order valence-electron chi connectivity index (χ2n) is 5.70. The minimum Gasteiger partial charge on any atom is -0.394 e. The van der Waals surface area contributed by atoms with Crippen molar-refractivity contribution in [1.82, 2.24) is 10.2 Å². The molecule has 0 bridgehead atoms. The highest BCUT2D eigenvalue weighted by molar-refractivity contribution is 5.78. The van der Waals surface area contributed by atoms with Crippen molar-refractivity contribution in [2.45, 2.75) is 51.0 Å². The summed E-state index contributed by atoms with van der Waals surface area (Å²) in [6.45, 7) is 3.11. The van der Waals surface area contributed by atoms with E-state index in [9.17, 15) is 9.90 Å². The van der Waals surface area contributed by atoms with Crippen LogP contribution in [0.5, 0.6) is 0 Å². The van der Waals surface area contributed by atoms with Crippen LogP contribution in [0.1, 0.15) is 45.4 Å². The van der Waals surface area contributed by atoms with Crippen molar-refractivity contribution in [2.24, 2.45) is 5.92 Å². The van der Waals surface area contributed by atoms with E-state index in [2.05, 4.69) is 17.1 Å². The Kier molecular flexibility index (Phi) is 6.09. The molecule has 0 spiro atoms. The Labute approximate surface area is 111 Å². The van der Waals surface area contributed by atoms with Gasteiger partial charge in [-0.15, -0.1) is 0 Å². The molecule has 1 aliphatic carbocycles. The van der Waals surface area contributed by atoms with Crippen LogP contribution in [0.2, 0.25) is 0 Å². The van der Waals surface area contributed by atoms with E-state index in [0.717, 1.165) is 45.1 Å². The van der Waals surface area contributed by atoms with Crippen LogP contribution in [0.15, 0.2) is 0 Å². The normalized spacial score (nSPS) is 28.4. The standard InChI is InChI=1S/C14H28N2O2/c1-4-5-10-15-13(18)12-6-8-14(11-17,9-7-12)16(2)3/h12,17H,4-11H2,1-3H3,(H,15,18). The van der Waals surface area contributed by atoms with E-state index >= 15 is 0 Å². The molecule has 18 heavy (non-hydrogen) atoms. The molecule has 1 amide bonds. The molecule has 4 heteroatoms. The fourth-order valence-corrected chi connectivity index (χ4v) is 2.70. The lowest BCUT2D eigenvalue weighted by Crippen LogP contribution is -2.51. The van der Waals surface area contributed by atoms with Crippen LogP contribution in [-0.4, -0.2) is 48.7 Å². The van der Waals surface area contributed by atoms with Crippen LogP contribution in [0, 0.1) is 5.92 Å². The molecule has 106 valence electrons. The first-order chi connectivity index (χ1) is 8.55. The lowest BCUT2D eigenvalue weighted by atomic mass is 9.76. The molecule has 4 nitrogen and oxygen atoms in total. The summed E-state index contributed by atoms with van der Waals surface area (Å²) >= 11 is 0. The van der Waals surface area contributed by atoms with Gasteiger partial charge >= 0.3 is 0 Å². The fraction of sp³-hybridized carbons (Fsp3) is 0.929. The Morgan fingerprint density at radius 1 is 1.39 bits per heavy atom. The number of nitrogens with zero attached hydrogens (tertiary/aromatic N) is 1. The summed E-state index contributed by atoms with van der Waals surface area (Å²) in [7, 11) is 4.02. The number of carbonyl (C=O) groups is 1. The molecular formula is C14H28N2O2. The Bertz CT molecular complexity index is 259. The van der Waals surface area contributed by atoms with E-state index in [4.69, 9.17) is 0 Å². The largest absolute Gasteiger partial charge is 0.394 e. The zero-order valence-electron chi connectivity index (χ0n) is 12.0. The van der Waals surface area contributed by atoms with Gasteiger partial charge in [-0.25, -0.2) is 0 Å². The molecule has 0 atom stereocenters. The molecule has 0 radical (unpaired) electrons. The molecule has 1 fully saturated rings. The third-order valence-electron chi connectivity index (χ3n) is 4.36. The van der Waals surface area contributed by atoms with Crippen LogP contribution in [0.25, 0.3) is 0 Å². The highest BCUT2D eigenvalue weighted by Gasteiger charge is 2.38. The Hall–Kier alpha value is -0.610. The minimum absolute atomic E-state index is 0.111. The van der Waals surface area contributed by atoms with Crippen molar-refractivity contribution in [1.29, 1.82) is 0 Å². The first kappa shape index (κ1) is 15.4. The van der Waals surface area contributed by atoms with Crippen LogP contribution in [-0.2, 0) is 4.79 Å². The molecule has 0 unspecified atom stereocenters. The van der Waals surface area contributed by atoms with Crippen molar-refractivity contribution in [3.05, 3.63) is 0 Å². The van der Waals surface area contributed by atoms with Gasteiger partial charge in [0.1, 0.15) is 0 Å². The van der Waals surface area contributed by atoms with Gasteiger partial charge in [0.2, 0.25) is 5.91 Å². The highest BCUT2D eigenvalue weighted by Crippen LogP contribution is 2.35. The number of nitrogens with one attached hydrogen (secondary N) is 1. The number of likely N-dealkylation sites (N-methyl/N-ethyl adjacent to an activating group) is 1. The smallest absolute Gasteiger partial charge is 0.223 e. The van der Waals surface area contributed by atoms with Gasteiger partial charge < -0.3 is 15.3 Å². The van der Waals surface area contributed by atoms with Gasteiger partial charge in [0, 0.05) is 18.0 Å². The quantitative estimate of drug-likeness (QED) is 0.706. The van der Waals surface area contributed by atoms with Gasteiger partial charge in [0.05, 0.1) is 6.61 Å². The van der Waals surface area contributed by atoms with Gasteiger partial charge in [-0.1, -0.05) is 13.3 Å². The van der Waals surface area contributed by atoms with Crippen molar-refractivity contribution >= 4 is 5.91 Å². The Morgan fingerprint density at radius 3 is 2.44 bits per heavy atom. The highest BCUT2D eigenvalue weighted by atomic mass is 16.3. The van der Waals surface area contributed by atoms with Gasteiger partial charge in [0.25, 0.3) is 0 Å². The zero-order valence-corrected chi connectivity index (χ0v) is 12.0. The fourth-order valence-electron chi connectivity index (χ4n) is 2.70. The number of rotatable bonds is 6. The summed E-state index contributed by atoms with van der Waals surface area (Å²) in [5.74, 6) is 0.343. The molecular weight excluding hydrogens is 228 g/mol. The molecule has 0 aliphatic heterocycles. The van der Waals surface area contributed by atoms with E-state index in [-0.39, 0.29) is 24.0 Å². The number of unbranched alkanes of at least 4 members (excludes halogenated alkanes) is 1. The summed E-state index contributed by atoms with van der Waals surface area (Å²) in [6, 6.07) is 0. The Balaban J connectivity index is 2.40. The van der Waals surface area contributed by atoms with Crippen LogP contribution < -0.4 is 5.32 Å². The maximum absolute atomic E-state index is 12.0. The van der Waals surface area contributed by atoms with E-state index < -0.39 is 0 Å². The second-order valence-corrected chi connectivity index (χ2v) is 5.70. The van der Waals surface area contributed by atoms with Crippen molar-refractivity contribution < 1.29 is 9.90 Å². The number of hydrogen-bond acceptors (Lipinski definition) is 3. The molecule has 1 saturated carbocycles. The number of carbonyl (C=O) groups excluding carboxylic acids is 1. The average molecular weight is 256 g/mol. The first-order valence-electron chi connectivity index (χ1n) is 7.11. The second kappa shape index (κ2) is 7.10. The maximum atomic E-state index is 12.0. The van der Waals surface area contributed by atoms with Crippen LogP contribution in [0.4, 0.5) is 0 Å². The summed E-state index contributed by atoms with van der Waals surface area (Å²) in [4.78, 5) is 14.1. The summed E-state index contributed by atoms with van der Waals surface area (Å²) < 4.78 is 0. The van der Waals surface area contributed by atoms with Crippen LogP contribution in [0.3, 0.4) is 0 Å². The predicted octanol–water partition coefficient (Wildman–Crippen LogP) is 1.39. The molecule has 0 heterocycles. The van der Waals surface area contributed by atoms with Gasteiger partial charge in [0.15, 0.2) is 0 Å². The number of amides is 1. The Morgan fingerprint density at radius 2 is 2.00 bits per heavy atom. The third kappa shape index (κ3) is 3.69. The minimum atomic E-state index is -0.111. The molecule has 0 aromatic rings. The number of aliphatic hydroxyl groups is 1. The van der Waals surface area contributed by atoms with E-state index in [1.807, 2.05) is 14.1 Å². The van der Waals surface area contributed by atoms with Gasteiger partial charge in [-0.2, -0.15) is 0 Å². The van der Waals surface area contributed by atoms with Crippen LogP contribution >= 0.6 is 0 Å². The number of hydrogen-bond donors (Lipinski definition) is 2. The molecule has 0 aromatic carbocycles. The van der Waals surface area contributed by atoms with Crippen molar-refractivity contribution in [3.8, 4) is 0 Å². The van der Waals surface area contributed by atoms with E-state index in [0.29, 0.717) is 0 Å². The van der Waals surface area contributed by atoms with Gasteiger partial charge in [-0.05, 0) is 46.2 Å². The summed E-state index contributed by atoms with van der Waals surface area (Å²) in [5.41, 5.74) is -0.111. The SMILES string of the molecule is CCCCNC(=O)C1CCC(CO)(N(C)C)CC1. The topological polar surface area (TPSA) is 52.6 Å². The lowest BCUT2D eigenvalue weighted by molar-refractivity contribution is -0.127. The van der Waals surface area contributed by atoms with Crippen molar-refractivity contribution in [3.63, 3.8) is 0 Å². The molecule has 1 aliphatic rings. The van der Waals surface area contributed by atoms with E-state index in [1.54, 1.807) is 0 Å². The number of aliphatic hydroxyl groups excluding tert-OH is 1. The first-order valence-corrected chi connectivity index (χ1v) is 7.11. The lowest BCUT2D eigenvalue weighted by Gasteiger charge is -2.43.